The van der Waals surface area contributed by atoms with Crippen LogP contribution < -0.4 is 20.3 Å². The van der Waals surface area contributed by atoms with Crippen LogP contribution >= 0.6 is 28.1 Å². The molecule has 1 saturated heterocycles. The summed E-state index contributed by atoms with van der Waals surface area (Å²) in [6.07, 6.45) is 1.79. The number of amides is 1. The van der Waals surface area contributed by atoms with E-state index in [0.29, 0.717) is 16.5 Å². The van der Waals surface area contributed by atoms with Gasteiger partial charge < -0.3 is 29.6 Å². The average molecular weight is 621 g/mol. The fraction of sp³-hybridized carbons (Fsp3) is 0.233. The fourth-order valence-corrected chi connectivity index (χ4v) is 6.11. The monoisotopic (exact) mass is 619 g/mol. The highest BCUT2D eigenvalue weighted by Gasteiger charge is 2.42. The van der Waals surface area contributed by atoms with Crippen LogP contribution in [0.25, 0.3) is 5.69 Å². The number of hydrogen-bond acceptors (Lipinski definition) is 5. The number of aromatic nitrogens is 2. The highest BCUT2D eigenvalue weighted by molar-refractivity contribution is 9.10. The van der Waals surface area contributed by atoms with Crippen LogP contribution in [0.15, 0.2) is 77.4 Å². The zero-order chi connectivity index (χ0) is 28.4. The normalized spacial score (nSPS) is 16.6. The van der Waals surface area contributed by atoms with E-state index >= 15 is 0 Å². The van der Waals surface area contributed by atoms with Crippen LogP contribution in [0.4, 0.5) is 11.4 Å². The molecular formula is C30H30BrN5O3S. The largest absolute Gasteiger partial charge is 0.495 e. The number of halogens is 1. The van der Waals surface area contributed by atoms with Crippen LogP contribution in [0.3, 0.4) is 0 Å². The Morgan fingerprint density at radius 3 is 2.58 bits per heavy atom. The summed E-state index contributed by atoms with van der Waals surface area (Å²) in [7, 11) is 3.05. The number of para-hydroxylation sites is 1. The Morgan fingerprint density at radius 2 is 1.88 bits per heavy atom. The lowest BCUT2D eigenvalue weighted by Gasteiger charge is -2.29. The van der Waals surface area contributed by atoms with E-state index in [-0.39, 0.29) is 24.6 Å². The molecule has 2 aromatic carbocycles. The lowest BCUT2D eigenvalue weighted by Crippen LogP contribution is -2.29. The molecule has 0 saturated carbocycles. The molecule has 1 aliphatic rings. The number of aryl methyl sites for hydroxylation is 1. The second-order valence-corrected chi connectivity index (χ2v) is 10.7. The fourth-order valence-electron chi connectivity index (χ4n) is 5.30. The molecule has 2 atom stereocenters. The van der Waals surface area contributed by atoms with Gasteiger partial charge in [0.15, 0.2) is 5.11 Å². The maximum atomic E-state index is 12.4. The van der Waals surface area contributed by atoms with E-state index in [1.165, 1.54) is 7.11 Å². The Morgan fingerprint density at radius 1 is 1.10 bits per heavy atom. The van der Waals surface area contributed by atoms with Crippen LogP contribution in [0.2, 0.25) is 0 Å². The van der Waals surface area contributed by atoms with E-state index in [4.69, 9.17) is 21.7 Å². The summed E-state index contributed by atoms with van der Waals surface area (Å²) in [5.74, 6) is 0.260. The number of carbonyl (C=O) groups is 1. The first kappa shape index (κ1) is 27.8. The molecule has 40 heavy (non-hydrogen) atoms. The van der Waals surface area contributed by atoms with Gasteiger partial charge >= 0.3 is 0 Å². The number of hydrogen-bond donors (Lipinski definition) is 2. The summed E-state index contributed by atoms with van der Waals surface area (Å²) in [6.45, 7) is 4.16. The Hall–Kier alpha value is -3.73. The number of ether oxygens (including phenoxy) is 2. The number of pyridine rings is 1. The van der Waals surface area contributed by atoms with Gasteiger partial charge in [-0.3, -0.25) is 9.78 Å². The van der Waals surface area contributed by atoms with Gasteiger partial charge in [-0.05, 0) is 96.1 Å². The van der Waals surface area contributed by atoms with Crippen LogP contribution in [-0.4, -0.2) is 41.4 Å². The van der Waals surface area contributed by atoms with Crippen molar-refractivity contribution < 1.29 is 14.3 Å². The Bertz CT molecular complexity index is 1560. The number of nitrogens with zero attached hydrogens (tertiary/aromatic N) is 3. The molecule has 10 heteroatoms. The van der Waals surface area contributed by atoms with Crippen molar-refractivity contribution in [2.24, 2.45) is 0 Å². The smallest absolute Gasteiger partial charge is 0.250 e. The van der Waals surface area contributed by atoms with Crippen molar-refractivity contribution in [1.29, 1.82) is 0 Å². The van der Waals surface area contributed by atoms with Gasteiger partial charge in [0.2, 0.25) is 5.91 Å². The van der Waals surface area contributed by atoms with Gasteiger partial charge in [-0.2, -0.15) is 0 Å². The van der Waals surface area contributed by atoms with Crippen molar-refractivity contribution in [2.75, 3.05) is 31.0 Å². The minimum atomic E-state index is -0.278. The van der Waals surface area contributed by atoms with E-state index < -0.39 is 0 Å². The third-order valence-electron chi connectivity index (χ3n) is 6.99. The Balaban J connectivity index is 1.66. The molecule has 5 rings (SSSR count). The molecule has 2 aromatic heterocycles. The summed E-state index contributed by atoms with van der Waals surface area (Å²) in [5, 5.41) is 6.97. The number of anilines is 2. The molecular weight excluding hydrogens is 590 g/mol. The van der Waals surface area contributed by atoms with E-state index in [2.05, 4.69) is 67.0 Å². The van der Waals surface area contributed by atoms with Crippen LogP contribution in [0.5, 0.6) is 5.75 Å². The minimum absolute atomic E-state index is 0.0670. The van der Waals surface area contributed by atoms with Crippen molar-refractivity contribution in [3.63, 3.8) is 0 Å². The molecule has 1 amide bonds. The lowest BCUT2D eigenvalue weighted by atomic mass is 9.96. The van der Waals surface area contributed by atoms with E-state index in [9.17, 15) is 4.79 Å². The summed E-state index contributed by atoms with van der Waals surface area (Å²) >= 11 is 9.67. The second kappa shape index (κ2) is 11.8. The molecule has 8 nitrogen and oxygen atoms in total. The summed E-state index contributed by atoms with van der Waals surface area (Å²) in [6, 6.07) is 21.5. The molecule has 1 aliphatic heterocycles. The lowest BCUT2D eigenvalue weighted by molar-refractivity contribution is -0.119. The number of rotatable bonds is 8. The molecule has 4 aromatic rings. The number of nitrogens with one attached hydrogen (secondary N) is 2. The molecule has 0 unspecified atom stereocenters. The molecule has 0 spiro atoms. The standard InChI is InChI=1S/C30H30BrN5O3S/c1-18-15-21(19(2)35(18)25-11-6-5-9-22(25)31)29-28(23-10-7-8-14-32-23)34-30(40)36(29)20-12-13-26(39-4)24(16-20)33-27(37)17-38-3/h5-16,28-29H,17H2,1-4H3,(H,33,37)(H,34,40)/t28-,29-/m0/s1. The van der Waals surface area contributed by atoms with Crippen molar-refractivity contribution in [2.45, 2.75) is 25.9 Å². The van der Waals surface area contributed by atoms with E-state index in [1.807, 2.05) is 54.6 Å². The first-order chi connectivity index (χ1) is 19.3. The van der Waals surface area contributed by atoms with Crippen LogP contribution in [0.1, 0.15) is 34.7 Å². The van der Waals surface area contributed by atoms with Crippen LogP contribution in [0, 0.1) is 13.8 Å². The Kier molecular flexibility index (Phi) is 8.20. The van der Waals surface area contributed by atoms with Gasteiger partial charge in [0.05, 0.1) is 36.3 Å². The Labute approximate surface area is 247 Å². The number of benzene rings is 2. The first-order valence-corrected chi connectivity index (χ1v) is 14.0. The molecule has 0 radical (unpaired) electrons. The van der Waals surface area contributed by atoms with E-state index in [1.54, 1.807) is 13.3 Å². The maximum Gasteiger partial charge on any atom is 0.250 e. The van der Waals surface area contributed by atoms with Crippen molar-refractivity contribution >= 4 is 50.5 Å². The predicted molar refractivity (Wildman–Crippen MR) is 164 cm³/mol. The molecule has 0 bridgehead atoms. The van der Waals surface area contributed by atoms with Gasteiger partial charge in [-0.25, -0.2) is 0 Å². The number of methoxy groups -OCH3 is 2. The van der Waals surface area contributed by atoms with Crippen LogP contribution in [-0.2, 0) is 9.53 Å². The molecule has 206 valence electrons. The maximum absolute atomic E-state index is 12.4. The molecule has 3 heterocycles. The molecule has 2 N–H and O–H groups in total. The van der Waals surface area contributed by atoms with Gasteiger partial charge in [0, 0.05) is 34.9 Å². The van der Waals surface area contributed by atoms with Gasteiger partial charge in [-0.15, -0.1) is 0 Å². The van der Waals surface area contributed by atoms with Crippen molar-refractivity contribution in [1.82, 2.24) is 14.9 Å². The zero-order valence-electron chi connectivity index (χ0n) is 22.6. The third-order valence-corrected chi connectivity index (χ3v) is 7.98. The predicted octanol–water partition coefficient (Wildman–Crippen LogP) is 6.02. The van der Waals surface area contributed by atoms with Gasteiger partial charge in [-0.1, -0.05) is 18.2 Å². The average Bonchev–Trinajstić information content (AvgIpc) is 3.44. The van der Waals surface area contributed by atoms with Gasteiger partial charge in [0.25, 0.3) is 0 Å². The molecule has 1 fully saturated rings. The summed E-state index contributed by atoms with van der Waals surface area (Å²) in [4.78, 5) is 19.2. The minimum Gasteiger partial charge on any atom is -0.495 e. The topological polar surface area (TPSA) is 80.7 Å². The summed E-state index contributed by atoms with van der Waals surface area (Å²) < 4.78 is 13.8. The van der Waals surface area contributed by atoms with E-state index in [0.717, 1.165) is 38.5 Å². The zero-order valence-corrected chi connectivity index (χ0v) is 25.0. The second-order valence-electron chi connectivity index (χ2n) is 9.48. The summed E-state index contributed by atoms with van der Waals surface area (Å²) in [5.41, 5.74) is 6.57. The molecule has 0 aliphatic carbocycles. The third kappa shape index (κ3) is 5.22. The SMILES string of the molecule is COCC(=O)Nc1cc(N2C(=S)N[C@@H](c3ccccn3)[C@@H]2c2cc(C)n(-c3ccccc3Br)c2C)ccc1OC. The van der Waals surface area contributed by atoms with Gasteiger partial charge in [0.1, 0.15) is 12.4 Å². The quantitative estimate of drug-likeness (QED) is 0.233. The van der Waals surface area contributed by atoms with Crippen molar-refractivity contribution in [3.05, 3.63) is 100 Å². The highest BCUT2D eigenvalue weighted by Crippen LogP contribution is 2.45. The number of thiocarbonyl (C=S) groups is 1. The van der Waals surface area contributed by atoms with Crippen molar-refractivity contribution in [3.8, 4) is 11.4 Å². The number of carbonyl (C=O) groups excluding carboxylic acids is 1. The first-order valence-electron chi connectivity index (χ1n) is 12.7. The highest BCUT2D eigenvalue weighted by atomic mass is 79.9.